The van der Waals surface area contributed by atoms with E-state index in [4.69, 9.17) is 19.9 Å². The van der Waals surface area contributed by atoms with E-state index in [0.717, 1.165) is 0 Å². The van der Waals surface area contributed by atoms with Crippen LogP contribution in [0.15, 0.2) is 29.7 Å². The molecule has 1 aromatic heterocycles. The molecule has 3 N–H and O–H groups in total. The molecule has 1 unspecified atom stereocenters. The number of ether oxygens (including phenoxy) is 3. The molecule has 1 atom stereocenters. The summed E-state index contributed by atoms with van der Waals surface area (Å²) in [6.45, 7) is 0. The largest absolute Gasteiger partial charge is 0.493 e. The molecule has 0 saturated carbocycles. The van der Waals surface area contributed by atoms with E-state index < -0.39 is 17.8 Å². The average Bonchev–Trinajstić information content (AvgIpc) is 3.03. The Morgan fingerprint density at radius 2 is 1.96 bits per heavy atom. The lowest BCUT2D eigenvalue weighted by atomic mass is 9.83. The van der Waals surface area contributed by atoms with E-state index in [1.54, 1.807) is 0 Å². The van der Waals surface area contributed by atoms with Crippen molar-refractivity contribution >= 4 is 0 Å². The first-order chi connectivity index (χ1) is 12.3. The molecular formula is C16H13F3N4O3. The quantitative estimate of drug-likeness (QED) is 0.865. The maximum atomic E-state index is 13.4. The van der Waals surface area contributed by atoms with Crippen LogP contribution in [0.4, 0.5) is 13.2 Å². The van der Waals surface area contributed by atoms with Crippen LogP contribution in [0.1, 0.15) is 22.7 Å². The normalized spacial score (nSPS) is 16.5. The van der Waals surface area contributed by atoms with Gasteiger partial charge in [-0.1, -0.05) is 6.07 Å². The smallest absolute Gasteiger partial charge is 0.433 e. The fourth-order valence-electron chi connectivity index (χ4n) is 2.83. The Morgan fingerprint density at radius 1 is 1.27 bits per heavy atom. The molecule has 0 aliphatic carbocycles. The molecule has 26 heavy (non-hydrogen) atoms. The van der Waals surface area contributed by atoms with Gasteiger partial charge in [-0.05, 0) is 17.7 Å². The third-order valence-electron chi connectivity index (χ3n) is 3.96. The van der Waals surface area contributed by atoms with Gasteiger partial charge in [0.05, 0.1) is 25.7 Å². The predicted octanol–water partition coefficient (Wildman–Crippen LogP) is 2.66. The van der Waals surface area contributed by atoms with Gasteiger partial charge in [0.2, 0.25) is 11.8 Å². The second-order valence-corrected chi connectivity index (χ2v) is 5.35. The van der Waals surface area contributed by atoms with Gasteiger partial charge in [0.15, 0.2) is 11.5 Å². The number of hydrogen-bond acceptors (Lipinski definition) is 6. The predicted molar refractivity (Wildman–Crippen MR) is 82.4 cm³/mol. The summed E-state index contributed by atoms with van der Waals surface area (Å²) in [6, 6.07) is 6.37. The highest BCUT2D eigenvalue weighted by Gasteiger charge is 2.44. The Kier molecular flexibility index (Phi) is 4.15. The molecule has 0 spiro atoms. The third kappa shape index (κ3) is 2.67. The third-order valence-corrected chi connectivity index (χ3v) is 3.96. The van der Waals surface area contributed by atoms with Crippen LogP contribution in [0.5, 0.6) is 17.4 Å². The number of alkyl halides is 3. The van der Waals surface area contributed by atoms with Crippen molar-refractivity contribution < 1.29 is 27.4 Å². The number of aromatic nitrogens is 2. The molecule has 1 aliphatic rings. The molecule has 0 fully saturated rings. The van der Waals surface area contributed by atoms with Crippen LogP contribution in [-0.4, -0.2) is 24.4 Å². The maximum absolute atomic E-state index is 13.4. The minimum Gasteiger partial charge on any atom is -0.493 e. The second kappa shape index (κ2) is 6.18. The lowest BCUT2D eigenvalue weighted by Crippen LogP contribution is -2.22. The van der Waals surface area contributed by atoms with E-state index in [0.29, 0.717) is 17.1 Å². The number of nitrogens with zero attached hydrogens (tertiary/aromatic N) is 2. The number of nitrogens with one attached hydrogen (secondary N) is 1. The van der Waals surface area contributed by atoms with Gasteiger partial charge in [-0.25, -0.2) is 0 Å². The standard InChI is InChI=1S/C16H13F3N4O3/c1-24-9-4-3-7(5-10(9)25-2)11-8(6-20)14(21)26-15-12(11)13(22-23-15)16(17,18)19/h3-5,11H,21H2,1-2H3,(H,22,23). The van der Waals surface area contributed by atoms with E-state index in [-0.39, 0.29) is 22.9 Å². The highest BCUT2D eigenvalue weighted by Crippen LogP contribution is 2.47. The van der Waals surface area contributed by atoms with Crippen LogP contribution in [0, 0.1) is 11.3 Å². The molecule has 0 bridgehead atoms. The Bertz CT molecular complexity index is 928. The van der Waals surface area contributed by atoms with Gasteiger partial charge >= 0.3 is 6.18 Å². The summed E-state index contributed by atoms with van der Waals surface area (Å²) < 4.78 is 55.6. The van der Waals surface area contributed by atoms with E-state index in [1.165, 1.54) is 32.4 Å². The molecule has 2 aromatic rings. The van der Waals surface area contributed by atoms with Gasteiger partial charge in [0, 0.05) is 0 Å². The summed E-state index contributed by atoms with van der Waals surface area (Å²) in [6.07, 6.45) is -4.72. The molecule has 1 aliphatic heterocycles. The van der Waals surface area contributed by atoms with Crippen molar-refractivity contribution in [3.63, 3.8) is 0 Å². The van der Waals surface area contributed by atoms with Gasteiger partial charge in [-0.3, -0.25) is 5.10 Å². The molecular weight excluding hydrogens is 353 g/mol. The van der Waals surface area contributed by atoms with Crippen LogP contribution in [0.2, 0.25) is 0 Å². The molecule has 2 heterocycles. The van der Waals surface area contributed by atoms with Gasteiger partial charge in [0.25, 0.3) is 0 Å². The number of nitrogens with two attached hydrogens (primary N) is 1. The van der Waals surface area contributed by atoms with Crippen LogP contribution < -0.4 is 19.9 Å². The van der Waals surface area contributed by atoms with Crippen LogP contribution in [-0.2, 0) is 6.18 Å². The lowest BCUT2D eigenvalue weighted by molar-refractivity contribution is -0.141. The fraction of sp³-hybridized carbons (Fsp3) is 0.250. The summed E-state index contributed by atoms with van der Waals surface area (Å²) in [7, 11) is 2.83. The molecule has 1 aromatic carbocycles. The zero-order valence-corrected chi connectivity index (χ0v) is 13.6. The number of H-pyrrole nitrogens is 1. The number of fused-ring (bicyclic) bond motifs is 1. The van der Waals surface area contributed by atoms with Crippen LogP contribution in [0.25, 0.3) is 0 Å². The Hall–Kier alpha value is -3.35. The minimum atomic E-state index is -4.72. The number of rotatable bonds is 3. The van der Waals surface area contributed by atoms with Crippen molar-refractivity contribution in [2.24, 2.45) is 5.73 Å². The number of benzene rings is 1. The Morgan fingerprint density at radius 3 is 2.54 bits per heavy atom. The number of halogens is 3. The molecule has 10 heteroatoms. The number of aromatic amines is 1. The van der Waals surface area contributed by atoms with E-state index in [2.05, 4.69) is 5.10 Å². The molecule has 7 nitrogen and oxygen atoms in total. The van der Waals surface area contributed by atoms with Gasteiger partial charge in [-0.2, -0.15) is 18.4 Å². The van der Waals surface area contributed by atoms with Gasteiger partial charge < -0.3 is 19.9 Å². The fourth-order valence-corrected chi connectivity index (χ4v) is 2.83. The number of nitriles is 1. The summed E-state index contributed by atoms with van der Waals surface area (Å²) in [5, 5.41) is 14.9. The van der Waals surface area contributed by atoms with Crippen molar-refractivity contribution in [2.45, 2.75) is 12.1 Å². The number of allylic oxidation sites excluding steroid dienone is 1. The van der Waals surface area contributed by atoms with Gasteiger partial charge in [0.1, 0.15) is 17.3 Å². The lowest BCUT2D eigenvalue weighted by Gasteiger charge is -2.25. The summed E-state index contributed by atoms with van der Waals surface area (Å²) in [5.74, 6) is -1.07. The average molecular weight is 366 g/mol. The SMILES string of the molecule is COc1ccc(C2C(C#N)=C(N)Oc3n[nH]c(C(F)(F)F)c32)cc1OC. The highest BCUT2D eigenvalue weighted by molar-refractivity contribution is 5.57. The summed E-state index contributed by atoms with van der Waals surface area (Å²) >= 11 is 0. The highest BCUT2D eigenvalue weighted by atomic mass is 19.4. The van der Waals surface area contributed by atoms with Gasteiger partial charge in [-0.15, -0.1) is 5.10 Å². The molecule has 136 valence electrons. The topological polar surface area (TPSA) is 106 Å². The zero-order valence-electron chi connectivity index (χ0n) is 13.6. The first-order valence-electron chi connectivity index (χ1n) is 7.26. The van der Waals surface area contributed by atoms with Crippen molar-refractivity contribution in [1.82, 2.24) is 10.2 Å². The van der Waals surface area contributed by atoms with Crippen molar-refractivity contribution in [3.05, 3.63) is 46.5 Å². The molecule has 3 rings (SSSR count). The van der Waals surface area contributed by atoms with Crippen molar-refractivity contribution in [1.29, 1.82) is 5.26 Å². The molecule has 0 amide bonds. The monoisotopic (exact) mass is 366 g/mol. The minimum absolute atomic E-state index is 0.156. The first kappa shape index (κ1) is 17.5. The van der Waals surface area contributed by atoms with Crippen molar-refractivity contribution in [2.75, 3.05) is 14.2 Å². The van der Waals surface area contributed by atoms with E-state index in [9.17, 15) is 18.4 Å². The number of hydrogen-bond donors (Lipinski definition) is 2. The summed E-state index contributed by atoms with van der Waals surface area (Å²) in [4.78, 5) is 0. The van der Waals surface area contributed by atoms with Crippen LogP contribution >= 0.6 is 0 Å². The van der Waals surface area contributed by atoms with E-state index >= 15 is 0 Å². The Labute approximate surface area is 145 Å². The first-order valence-corrected chi connectivity index (χ1v) is 7.26. The summed E-state index contributed by atoms with van der Waals surface area (Å²) in [5.41, 5.74) is 4.50. The zero-order chi connectivity index (χ0) is 19.1. The maximum Gasteiger partial charge on any atom is 0.433 e. The van der Waals surface area contributed by atoms with Crippen LogP contribution in [0.3, 0.4) is 0 Å². The van der Waals surface area contributed by atoms with Crippen molar-refractivity contribution in [3.8, 4) is 23.4 Å². The van der Waals surface area contributed by atoms with E-state index in [1.807, 2.05) is 11.2 Å². The second-order valence-electron chi connectivity index (χ2n) is 5.35. The molecule has 0 radical (unpaired) electrons. The Balaban J connectivity index is 2.26. The number of methoxy groups -OCH3 is 2. The molecule has 0 saturated heterocycles.